The molecule has 3 heterocycles. The summed E-state index contributed by atoms with van der Waals surface area (Å²) >= 11 is 0. The summed E-state index contributed by atoms with van der Waals surface area (Å²) in [5.74, 6) is 2.63. The number of aromatic nitrogens is 3. The van der Waals surface area contributed by atoms with Crippen molar-refractivity contribution >= 4 is 24.1 Å². The molecule has 0 unspecified atom stereocenters. The molecule has 1 aromatic carbocycles. The van der Waals surface area contributed by atoms with Crippen LogP contribution in [0.5, 0.6) is 5.75 Å². The van der Waals surface area contributed by atoms with Crippen molar-refractivity contribution in [2.45, 2.75) is 12.8 Å². The number of hydrazone groups is 1. The number of benzene rings is 1. The largest absolute Gasteiger partial charge is 0.497 e. The predicted octanol–water partition coefficient (Wildman–Crippen LogP) is 1.76. The van der Waals surface area contributed by atoms with Gasteiger partial charge in [0.2, 0.25) is 17.8 Å². The molecule has 0 bridgehead atoms. The number of rotatable bonds is 6. The number of hydrogen-bond acceptors (Lipinski definition) is 9. The van der Waals surface area contributed by atoms with Gasteiger partial charge in [-0.1, -0.05) is 0 Å². The number of ether oxygens (including phenoxy) is 2. The summed E-state index contributed by atoms with van der Waals surface area (Å²) in [6.45, 7) is 4.87. The number of anilines is 3. The number of nitrogens with one attached hydrogen (secondary N) is 1. The molecule has 9 nitrogen and oxygen atoms in total. The summed E-state index contributed by atoms with van der Waals surface area (Å²) in [6, 6.07) is 7.66. The molecule has 2 aliphatic heterocycles. The van der Waals surface area contributed by atoms with Crippen molar-refractivity contribution in [1.29, 1.82) is 0 Å². The van der Waals surface area contributed by atoms with Gasteiger partial charge in [0.05, 0.1) is 26.5 Å². The van der Waals surface area contributed by atoms with E-state index in [4.69, 9.17) is 14.5 Å². The first kappa shape index (κ1) is 18.4. The Balaban J connectivity index is 1.52. The van der Waals surface area contributed by atoms with Crippen LogP contribution in [-0.4, -0.2) is 67.7 Å². The van der Waals surface area contributed by atoms with E-state index in [0.717, 1.165) is 50.3 Å². The van der Waals surface area contributed by atoms with Gasteiger partial charge in [-0.05, 0) is 42.7 Å². The van der Waals surface area contributed by atoms with Gasteiger partial charge in [0.15, 0.2) is 0 Å². The maximum atomic E-state index is 5.44. The van der Waals surface area contributed by atoms with Gasteiger partial charge in [-0.15, -0.1) is 0 Å². The van der Waals surface area contributed by atoms with E-state index in [9.17, 15) is 0 Å². The zero-order valence-corrected chi connectivity index (χ0v) is 16.0. The number of nitrogens with zero attached hydrogens (tertiary/aromatic N) is 6. The normalized spacial score (nSPS) is 17.3. The van der Waals surface area contributed by atoms with Crippen LogP contribution in [0.25, 0.3) is 0 Å². The molecule has 28 heavy (non-hydrogen) atoms. The van der Waals surface area contributed by atoms with Gasteiger partial charge in [-0.25, -0.2) is 5.43 Å². The summed E-state index contributed by atoms with van der Waals surface area (Å²) < 4.78 is 10.6. The monoisotopic (exact) mass is 383 g/mol. The Morgan fingerprint density at radius 2 is 1.61 bits per heavy atom. The molecule has 0 saturated carbocycles. The highest BCUT2D eigenvalue weighted by Gasteiger charge is 2.21. The van der Waals surface area contributed by atoms with E-state index in [1.165, 1.54) is 0 Å². The fourth-order valence-electron chi connectivity index (χ4n) is 3.22. The lowest BCUT2D eigenvalue weighted by Gasteiger charge is -2.27. The van der Waals surface area contributed by atoms with E-state index in [1.54, 1.807) is 13.3 Å². The molecular weight excluding hydrogens is 358 g/mol. The molecule has 1 aromatic heterocycles. The van der Waals surface area contributed by atoms with Crippen molar-refractivity contribution in [3.05, 3.63) is 29.8 Å². The van der Waals surface area contributed by atoms with Crippen molar-refractivity contribution < 1.29 is 9.47 Å². The second-order valence-corrected chi connectivity index (χ2v) is 6.70. The topological polar surface area (TPSA) is 88.0 Å². The van der Waals surface area contributed by atoms with Crippen LogP contribution < -0.4 is 20.0 Å². The molecule has 0 spiro atoms. The number of methoxy groups -OCH3 is 1. The smallest absolute Gasteiger partial charge is 0.250 e. The molecule has 4 rings (SSSR count). The van der Waals surface area contributed by atoms with E-state index in [-0.39, 0.29) is 0 Å². The fourth-order valence-corrected chi connectivity index (χ4v) is 3.22. The van der Waals surface area contributed by atoms with Crippen LogP contribution in [0.2, 0.25) is 0 Å². The van der Waals surface area contributed by atoms with E-state index in [0.29, 0.717) is 31.1 Å². The van der Waals surface area contributed by atoms with Gasteiger partial charge in [0, 0.05) is 26.2 Å². The van der Waals surface area contributed by atoms with Crippen LogP contribution in [0.3, 0.4) is 0 Å². The molecular formula is C19H25N7O2. The molecule has 0 aliphatic carbocycles. The van der Waals surface area contributed by atoms with E-state index in [2.05, 4.69) is 30.3 Å². The second kappa shape index (κ2) is 8.83. The van der Waals surface area contributed by atoms with Crippen LogP contribution in [0.1, 0.15) is 18.4 Å². The quantitative estimate of drug-likeness (QED) is 0.596. The predicted molar refractivity (Wildman–Crippen MR) is 109 cm³/mol. The lowest BCUT2D eigenvalue weighted by molar-refractivity contribution is 0.122. The third kappa shape index (κ3) is 4.48. The van der Waals surface area contributed by atoms with Gasteiger partial charge >= 0.3 is 0 Å². The number of hydrogen-bond donors (Lipinski definition) is 1. The van der Waals surface area contributed by atoms with Crippen LogP contribution >= 0.6 is 0 Å². The van der Waals surface area contributed by atoms with E-state index < -0.39 is 0 Å². The first-order chi connectivity index (χ1) is 13.8. The van der Waals surface area contributed by atoms with E-state index in [1.807, 2.05) is 24.3 Å². The molecule has 0 atom stereocenters. The van der Waals surface area contributed by atoms with Crippen LogP contribution in [0.15, 0.2) is 29.4 Å². The molecule has 2 fully saturated rings. The van der Waals surface area contributed by atoms with Gasteiger partial charge in [0.1, 0.15) is 5.75 Å². The number of morpholine rings is 1. The molecule has 1 N–H and O–H groups in total. The van der Waals surface area contributed by atoms with Crippen molar-refractivity contribution in [1.82, 2.24) is 15.0 Å². The molecule has 0 amide bonds. The second-order valence-electron chi connectivity index (χ2n) is 6.70. The maximum absolute atomic E-state index is 5.44. The Bertz CT molecular complexity index is 800. The third-order valence-electron chi connectivity index (χ3n) is 4.79. The Hall–Kier alpha value is -2.94. The Morgan fingerprint density at radius 3 is 2.25 bits per heavy atom. The summed E-state index contributed by atoms with van der Waals surface area (Å²) in [4.78, 5) is 18.2. The van der Waals surface area contributed by atoms with Gasteiger partial charge < -0.3 is 19.3 Å². The zero-order chi connectivity index (χ0) is 19.2. The highest BCUT2D eigenvalue weighted by atomic mass is 16.5. The fraction of sp³-hybridized carbons (Fsp3) is 0.474. The van der Waals surface area contributed by atoms with Gasteiger partial charge in [-0.3, -0.25) is 0 Å². The lowest BCUT2D eigenvalue weighted by Crippen LogP contribution is -2.38. The minimum absolute atomic E-state index is 0.447. The van der Waals surface area contributed by atoms with Crippen molar-refractivity contribution in [3.8, 4) is 5.75 Å². The molecule has 9 heteroatoms. The summed E-state index contributed by atoms with van der Waals surface area (Å²) in [5.41, 5.74) is 3.91. The summed E-state index contributed by atoms with van der Waals surface area (Å²) in [6.07, 6.45) is 4.06. The Labute approximate surface area is 164 Å². The first-order valence-electron chi connectivity index (χ1n) is 9.59. The van der Waals surface area contributed by atoms with Crippen LogP contribution in [0.4, 0.5) is 17.8 Å². The van der Waals surface area contributed by atoms with Crippen molar-refractivity contribution in [2.24, 2.45) is 5.10 Å². The van der Waals surface area contributed by atoms with Gasteiger partial charge in [-0.2, -0.15) is 20.1 Å². The molecule has 0 radical (unpaired) electrons. The maximum Gasteiger partial charge on any atom is 0.250 e. The standard InChI is InChI=1S/C19H25N7O2/c1-27-16-6-4-15(5-7-16)14-20-24-17-21-18(25-8-2-3-9-25)23-19(22-17)26-10-12-28-13-11-26/h4-7,14H,2-3,8-13H2,1H3,(H,21,22,23,24)/b20-14-. The van der Waals surface area contributed by atoms with Crippen molar-refractivity contribution in [2.75, 3.05) is 61.7 Å². The minimum atomic E-state index is 0.447. The molecule has 2 aromatic rings. The van der Waals surface area contributed by atoms with Gasteiger partial charge in [0.25, 0.3) is 0 Å². The SMILES string of the molecule is COc1ccc(/C=N\Nc2nc(N3CCCC3)nc(N3CCOCC3)n2)cc1. The third-order valence-corrected chi connectivity index (χ3v) is 4.79. The van der Waals surface area contributed by atoms with Crippen LogP contribution in [0, 0.1) is 0 Å². The Kier molecular flexibility index (Phi) is 5.81. The summed E-state index contributed by atoms with van der Waals surface area (Å²) in [7, 11) is 1.65. The first-order valence-corrected chi connectivity index (χ1v) is 9.59. The zero-order valence-electron chi connectivity index (χ0n) is 16.0. The molecule has 148 valence electrons. The highest BCUT2D eigenvalue weighted by Crippen LogP contribution is 2.21. The van der Waals surface area contributed by atoms with Crippen LogP contribution in [-0.2, 0) is 4.74 Å². The molecule has 2 saturated heterocycles. The van der Waals surface area contributed by atoms with Crippen molar-refractivity contribution in [3.63, 3.8) is 0 Å². The average molecular weight is 383 g/mol. The molecule has 2 aliphatic rings. The lowest BCUT2D eigenvalue weighted by atomic mass is 10.2. The highest BCUT2D eigenvalue weighted by molar-refractivity contribution is 5.80. The average Bonchev–Trinajstić information content (AvgIpc) is 3.30. The minimum Gasteiger partial charge on any atom is -0.497 e. The van der Waals surface area contributed by atoms with E-state index >= 15 is 0 Å². The Morgan fingerprint density at radius 1 is 0.964 bits per heavy atom. The summed E-state index contributed by atoms with van der Waals surface area (Å²) in [5, 5.41) is 4.29.